The van der Waals surface area contributed by atoms with E-state index in [4.69, 9.17) is 9.47 Å². The molecule has 1 aromatic rings. The van der Waals surface area contributed by atoms with E-state index in [1.165, 1.54) is 11.1 Å². The first-order valence-corrected chi connectivity index (χ1v) is 5.51. The highest BCUT2D eigenvalue weighted by molar-refractivity contribution is 5.25. The topological polar surface area (TPSA) is 18.5 Å². The van der Waals surface area contributed by atoms with E-state index in [9.17, 15) is 0 Å². The van der Waals surface area contributed by atoms with Crippen LogP contribution in [0.25, 0.3) is 0 Å². The van der Waals surface area contributed by atoms with Crippen LogP contribution in [-0.4, -0.2) is 12.4 Å². The number of hydrogen-bond acceptors (Lipinski definition) is 2. The molecule has 0 aliphatic carbocycles. The highest BCUT2D eigenvalue weighted by Crippen LogP contribution is 2.32. The number of hydrogen-bond donors (Lipinski definition) is 0. The minimum absolute atomic E-state index is 0.0894. The molecule has 15 heavy (non-hydrogen) atoms. The lowest BCUT2D eigenvalue weighted by molar-refractivity contribution is -0.139. The first-order chi connectivity index (χ1) is 7.11. The van der Waals surface area contributed by atoms with Gasteiger partial charge in [0.15, 0.2) is 5.79 Å². The van der Waals surface area contributed by atoms with Crippen LogP contribution >= 0.6 is 0 Å². The summed E-state index contributed by atoms with van der Waals surface area (Å²) in [6, 6.07) is 8.54. The summed E-state index contributed by atoms with van der Waals surface area (Å²) in [5, 5.41) is 0. The average molecular weight is 206 g/mol. The molecule has 2 heteroatoms. The van der Waals surface area contributed by atoms with Crippen molar-refractivity contribution in [1.82, 2.24) is 0 Å². The van der Waals surface area contributed by atoms with Crippen LogP contribution in [0.5, 0.6) is 0 Å². The second-order valence-corrected chi connectivity index (χ2v) is 4.42. The molecular formula is C13H18O2. The Labute approximate surface area is 91.2 Å². The Balaban J connectivity index is 2.16. The van der Waals surface area contributed by atoms with Crippen molar-refractivity contribution in [2.24, 2.45) is 0 Å². The van der Waals surface area contributed by atoms with Gasteiger partial charge in [0.2, 0.25) is 0 Å². The molecule has 1 atom stereocenters. The number of aryl methyl sites for hydroxylation is 1. The molecule has 0 spiro atoms. The van der Waals surface area contributed by atoms with Crippen LogP contribution in [0.1, 0.15) is 38.0 Å². The van der Waals surface area contributed by atoms with Gasteiger partial charge in [0.05, 0.1) is 6.61 Å². The minimum Gasteiger partial charge on any atom is -0.347 e. The van der Waals surface area contributed by atoms with E-state index >= 15 is 0 Å². The normalized spacial score (nSPS) is 24.3. The van der Waals surface area contributed by atoms with Gasteiger partial charge in [0.1, 0.15) is 6.10 Å². The van der Waals surface area contributed by atoms with E-state index in [-0.39, 0.29) is 6.10 Å². The van der Waals surface area contributed by atoms with Crippen LogP contribution in [0.15, 0.2) is 24.3 Å². The summed E-state index contributed by atoms with van der Waals surface area (Å²) in [4.78, 5) is 0. The summed E-state index contributed by atoms with van der Waals surface area (Å²) in [6.07, 6.45) is 1.15. The maximum atomic E-state index is 5.81. The zero-order valence-electron chi connectivity index (χ0n) is 9.62. The van der Waals surface area contributed by atoms with Crippen molar-refractivity contribution in [3.8, 4) is 0 Å². The van der Waals surface area contributed by atoms with Gasteiger partial charge in [0, 0.05) is 0 Å². The Bertz CT molecular complexity index is 344. The summed E-state index contributed by atoms with van der Waals surface area (Å²) in [5.41, 5.74) is 2.57. The first kappa shape index (κ1) is 10.7. The molecule has 1 aromatic carbocycles. The van der Waals surface area contributed by atoms with E-state index in [0.717, 1.165) is 6.42 Å². The van der Waals surface area contributed by atoms with Crippen molar-refractivity contribution in [2.45, 2.75) is 39.1 Å². The third kappa shape index (κ3) is 2.39. The van der Waals surface area contributed by atoms with Gasteiger partial charge in [-0.2, -0.15) is 0 Å². The lowest BCUT2D eigenvalue weighted by Gasteiger charge is -2.17. The van der Waals surface area contributed by atoms with Crippen molar-refractivity contribution >= 4 is 0 Å². The lowest BCUT2D eigenvalue weighted by Crippen LogP contribution is -2.19. The molecule has 2 rings (SSSR count). The predicted molar refractivity (Wildman–Crippen MR) is 59.7 cm³/mol. The van der Waals surface area contributed by atoms with Crippen LogP contribution < -0.4 is 0 Å². The Morgan fingerprint density at radius 3 is 2.80 bits per heavy atom. The van der Waals surface area contributed by atoms with Gasteiger partial charge in [-0.25, -0.2) is 0 Å². The second kappa shape index (κ2) is 3.95. The number of benzene rings is 1. The van der Waals surface area contributed by atoms with Crippen LogP contribution in [-0.2, 0) is 15.9 Å². The Morgan fingerprint density at radius 1 is 1.40 bits per heavy atom. The van der Waals surface area contributed by atoms with Crippen LogP contribution in [0.2, 0.25) is 0 Å². The van der Waals surface area contributed by atoms with Gasteiger partial charge in [-0.1, -0.05) is 31.2 Å². The van der Waals surface area contributed by atoms with Crippen LogP contribution in [0.3, 0.4) is 0 Å². The maximum Gasteiger partial charge on any atom is 0.163 e. The summed E-state index contributed by atoms with van der Waals surface area (Å²) in [5.74, 6) is -0.438. The van der Waals surface area contributed by atoms with Crippen molar-refractivity contribution in [1.29, 1.82) is 0 Å². The molecule has 1 unspecified atom stereocenters. The molecule has 1 heterocycles. The van der Waals surface area contributed by atoms with Crippen LogP contribution in [0.4, 0.5) is 0 Å². The molecule has 0 N–H and O–H groups in total. The van der Waals surface area contributed by atoms with Gasteiger partial charge in [0.25, 0.3) is 0 Å². The highest BCUT2D eigenvalue weighted by atomic mass is 16.7. The molecule has 1 aliphatic heterocycles. The quantitative estimate of drug-likeness (QED) is 0.740. The molecule has 0 amide bonds. The maximum absolute atomic E-state index is 5.81. The smallest absolute Gasteiger partial charge is 0.163 e. The molecule has 1 saturated heterocycles. The molecule has 1 fully saturated rings. The van der Waals surface area contributed by atoms with E-state index in [1.54, 1.807) is 0 Å². The van der Waals surface area contributed by atoms with Crippen molar-refractivity contribution in [2.75, 3.05) is 6.61 Å². The largest absolute Gasteiger partial charge is 0.347 e. The molecule has 1 aliphatic rings. The molecule has 0 radical (unpaired) electrons. The fourth-order valence-corrected chi connectivity index (χ4v) is 1.86. The minimum atomic E-state index is -0.438. The van der Waals surface area contributed by atoms with E-state index in [0.29, 0.717) is 6.61 Å². The Hall–Kier alpha value is -0.860. The van der Waals surface area contributed by atoms with Crippen molar-refractivity contribution in [3.05, 3.63) is 35.4 Å². The van der Waals surface area contributed by atoms with Gasteiger partial charge in [-0.15, -0.1) is 0 Å². The summed E-state index contributed by atoms with van der Waals surface area (Å²) < 4.78 is 11.4. The van der Waals surface area contributed by atoms with Crippen molar-refractivity contribution < 1.29 is 9.47 Å². The van der Waals surface area contributed by atoms with Gasteiger partial charge in [-0.05, 0) is 31.4 Å². The first-order valence-electron chi connectivity index (χ1n) is 5.51. The molecule has 2 nitrogen and oxygen atoms in total. The second-order valence-electron chi connectivity index (χ2n) is 4.42. The zero-order valence-corrected chi connectivity index (χ0v) is 9.62. The third-order valence-corrected chi connectivity index (χ3v) is 2.74. The summed E-state index contributed by atoms with van der Waals surface area (Å²) >= 11 is 0. The summed E-state index contributed by atoms with van der Waals surface area (Å²) in [7, 11) is 0. The molecule has 0 aromatic heterocycles. The van der Waals surface area contributed by atoms with Gasteiger partial charge >= 0.3 is 0 Å². The fourth-order valence-electron chi connectivity index (χ4n) is 1.86. The summed E-state index contributed by atoms with van der Waals surface area (Å²) in [6.45, 7) is 6.72. The van der Waals surface area contributed by atoms with E-state index in [1.807, 2.05) is 13.8 Å². The fraction of sp³-hybridized carbons (Fsp3) is 0.538. The zero-order chi connectivity index (χ0) is 10.9. The molecular weight excluding hydrogens is 188 g/mol. The van der Waals surface area contributed by atoms with Gasteiger partial charge in [-0.3, -0.25) is 0 Å². The van der Waals surface area contributed by atoms with E-state index in [2.05, 4.69) is 31.2 Å². The number of rotatable bonds is 2. The Kier molecular flexibility index (Phi) is 2.81. The Morgan fingerprint density at radius 2 is 2.20 bits per heavy atom. The van der Waals surface area contributed by atoms with Gasteiger partial charge < -0.3 is 9.47 Å². The van der Waals surface area contributed by atoms with E-state index < -0.39 is 5.79 Å². The highest BCUT2D eigenvalue weighted by Gasteiger charge is 2.33. The molecule has 82 valence electrons. The molecule has 0 saturated carbocycles. The standard InChI is InChI=1S/C13H18O2/c1-4-10-6-5-7-11(8-10)12-9-14-13(2,3)15-12/h5-8,12H,4,9H2,1-3H3. The predicted octanol–water partition coefficient (Wildman–Crippen LogP) is 3.07. The number of ether oxygens (including phenoxy) is 2. The van der Waals surface area contributed by atoms with Crippen molar-refractivity contribution in [3.63, 3.8) is 0 Å². The third-order valence-electron chi connectivity index (χ3n) is 2.74. The molecule has 0 bridgehead atoms. The SMILES string of the molecule is CCc1cccc(C2COC(C)(C)O2)c1. The monoisotopic (exact) mass is 206 g/mol. The van der Waals surface area contributed by atoms with Crippen LogP contribution in [0, 0.1) is 0 Å². The average Bonchev–Trinajstić information content (AvgIpc) is 2.59. The lowest BCUT2D eigenvalue weighted by atomic mass is 10.1.